The van der Waals surface area contributed by atoms with Crippen molar-refractivity contribution in [3.8, 4) is 0 Å². The van der Waals surface area contributed by atoms with Crippen LogP contribution in [0.3, 0.4) is 0 Å². The summed E-state index contributed by atoms with van der Waals surface area (Å²) in [5.41, 5.74) is 0.741. The van der Waals surface area contributed by atoms with E-state index in [0.29, 0.717) is 6.54 Å². The van der Waals surface area contributed by atoms with E-state index < -0.39 is 5.54 Å². The van der Waals surface area contributed by atoms with Gasteiger partial charge in [0.05, 0.1) is 0 Å². The summed E-state index contributed by atoms with van der Waals surface area (Å²) >= 11 is 1.76. The van der Waals surface area contributed by atoms with E-state index in [2.05, 4.69) is 45.4 Å². The van der Waals surface area contributed by atoms with Gasteiger partial charge < -0.3 is 10.6 Å². The Morgan fingerprint density at radius 3 is 2.92 bits per heavy atom. The Morgan fingerprint density at radius 1 is 1.28 bits per heavy atom. The highest BCUT2D eigenvalue weighted by Gasteiger charge is 2.41. The Labute approximate surface area is 151 Å². The maximum absolute atomic E-state index is 13.0. The van der Waals surface area contributed by atoms with Crippen LogP contribution in [0.1, 0.15) is 18.4 Å². The molecule has 0 bridgehead atoms. The summed E-state index contributed by atoms with van der Waals surface area (Å²) < 4.78 is 3.14. The third-order valence-corrected chi connectivity index (χ3v) is 6.05. The number of piperidine rings is 1. The fraction of sp³-hybridized carbons (Fsp3) is 0.368. The van der Waals surface area contributed by atoms with Gasteiger partial charge in [-0.2, -0.15) is 5.10 Å². The molecular weight excluding hydrogens is 332 g/mol. The zero-order chi connectivity index (χ0) is 17.1. The molecule has 0 unspecified atom stereocenters. The van der Waals surface area contributed by atoms with Crippen molar-refractivity contribution in [2.75, 3.05) is 19.6 Å². The van der Waals surface area contributed by atoms with Crippen LogP contribution in [0.4, 0.5) is 0 Å². The lowest BCUT2D eigenvalue weighted by molar-refractivity contribution is -0.131. The van der Waals surface area contributed by atoms with Crippen LogP contribution in [0, 0.1) is 0 Å². The van der Waals surface area contributed by atoms with Gasteiger partial charge in [0, 0.05) is 23.6 Å². The van der Waals surface area contributed by atoms with E-state index in [9.17, 15) is 4.79 Å². The Morgan fingerprint density at radius 2 is 2.12 bits per heavy atom. The van der Waals surface area contributed by atoms with Gasteiger partial charge in [-0.25, -0.2) is 0 Å². The van der Waals surface area contributed by atoms with Gasteiger partial charge in [-0.3, -0.25) is 9.48 Å². The van der Waals surface area contributed by atoms with Crippen LogP contribution in [0.15, 0.2) is 48.1 Å². The first-order valence-electron chi connectivity index (χ1n) is 8.74. The highest BCUT2D eigenvalue weighted by molar-refractivity contribution is 7.17. The molecule has 25 heavy (non-hydrogen) atoms. The van der Waals surface area contributed by atoms with Crippen LogP contribution < -0.4 is 10.6 Å². The minimum atomic E-state index is -0.564. The van der Waals surface area contributed by atoms with Crippen LogP contribution in [0.5, 0.6) is 0 Å². The van der Waals surface area contributed by atoms with Crippen molar-refractivity contribution in [1.29, 1.82) is 0 Å². The van der Waals surface area contributed by atoms with Crippen molar-refractivity contribution in [3.05, 3.63) is 53.7 Å². The third kappa shape index (κ3) is 3.07. The smallest absolute Gasteiger partial charge is 0.248 e. The number of carbonyl (C=O) groups excluding carboxylic acids is 1. The van der Waals surface area contributed by atoms with Gasteiger partial charge in [-0.1, -0.05) is 18.2 Å². The van der Waals surface area contributed by atoms with E-state index >= 15 is 0 Å². The van der Waals surface area contributed by atoms with Crippen molar-refractivity contribution in [2.45, 2.75) is 24.8 Å². The number of hydrogen-bond donors (Lipinski definition) is 2. The highest BCUT2D eigenvalue weighted by atomic mass is 32.1. The molecule has 0 spiro atoms. The summed E-state index contributed by atoms with van der Waals surface area (Å²) in [5.74, 6) is 0.0808. The van der Waals surface area contributed by atoms with E-state index in [-0.39, 0.29) is 5.91 Å². The van der Waals surface area contributed by atoms with E-state index in [1.807, 2.05) is 16.9 Å². The molecule has 0 saturated carbocycles. The largest absolute Gasteiger partial charge is 0.354 e. The number of rotatable bonds is 5. The first-order valence-corrected chi connectivity index (χ1v) is 9.62. The second-order valence-corrected chi connectivity index (χ2v) is 7.41. The van der Waals surface area contributed by atoms with E-state index in [1.54, 1.807) is 17.5 Å². The first-order chi connectivity index (χ1) is 12.3. The molecule has 0 atom stereocenters. The van der Waals surface area contributed by atoms with Crippen molar-refractivity contribution in [3.63, 3.8) is 0 Å². The Balaban J connectivity index is 1.45. The van der Waals surface area contributed by atoms with Crippen LogP contribution in [0.25, 0.3) is 10.1 Å². The molecule has 1 aromatic carbocycles. The molecule has 130 valence electrons. The lowest BCUT2D eigenvalue weighted by atomic mass is 9.87. The fourth-order valence-corrected chi connectivity index (χ4v) is 4.62. The number of amides is 1. The minimum absolute atomic E-state index is 0.0808. The monoisotopic (exact) mass is 354 g/mol. The molecule has 2 N–H and O–H groups in total. The van der Waals surface area contributed by atoms with Crippen molar-refractivity contribution < 1.29 is 4.79 Å². The average molecular weight is 354 g/mol. The quantitative estimate of drug-likeness (QED) is 0.740. The van der Waals surface area contributed by atoms with Gasteiger partial charge >= 0.3 is 0 Å². The van der Waals surface area contributed by atoms with Crippen LogP contribution >= 0.6 is 11.3 Å². The number of benzene rings is 1. The molecule has 2 aromatic heterocycles. The third-order valence-electron chi connectivity index (χ3n) is 5.04. The average Bonchev–Trinajstić information content (AvgIpc) is 3.33. The molecule has 6 heteroatoms. The molecule has 1 saturated heterocycles. The molecular formula is C19H22N4OS. The number of aromatic nitrogens is 2. The Hall–Kier alpha value is -2.18. The Kier molecular flexibility index (Phi) is 4.55. The molecule has 1 aliphatic rings. The van der Waals surface area contributed by atoms with Gasteiger partial charge in [-0.15, -0.1) is 11.3 Å². The predicted octanol–water partition coefficient (Wildman–Crippen LogP) is 2.54. The molecule has 3 heterocycles. The van der Waals surface area contributed by atoms with Crippen molar-refractivity contribution in [2.24, 2.45) is 0 Å². The minimum Gasteiger partial charge on any atom is -0.354 e. The van der Waals surface area contributed by atoms with Gasteiger partial charge in [0.1, 0.15) is 5.54 Å². The van der Waals surface area contributed by atoms with E-state index in [1.165, 1.54) is 15.6 Å². The summed E-state index contributed by atoms with van der Waals surface area (Å²) in [6, 6.07) is 10.3. The number of nitrogens with zero attached hydrogens (tertiary/aromatic N) is 2. The summed E-state index contributed by atoms with van der Waals surface area (Å²) in [4.78, 5) is 13.0. The number of thiophene rings is 1. The summed E-state index contributed by atoms with van der Waals surface area (Å²) in [7, 11) is 0. The second-order valence-electron chi connectivity index (χ2n) is 6.50. The van der Waals surface area contributed by atoms with Crippen LogP contribution in [-0.4, -0.2) is 35.3 Å². The summed E-state index contributed by atoms with van der Waals surface area (Å²) in [6.07, 6.45) is 6.03. The summed E-state index contributed by atoms with van der Waals surface area (Å²) in [6.45, 7) is 2.32. The number of nitrogens with one attached hydrogen (secondary N) is 2. The maximum atomic E-state index is 13.0. The van der Waals surface area contributed by atoms with Crippen molar-refractivity contribution in [1.82, 2.24) is 20.4 Å². The zero-order valence-electron chi connectivity index (χ0n) is 14.1. The maximum Gasteiger partial charge on any atom is 0.248 e. The van der Waals surface area contributed by atoms with Crippen molar-refractivity contribution >= 4 is 27.3 Å². The Bertz CT molecular complexity index is 849. The van der Waals surface area contributed by atoms with E-state index in [4.69, 9.17) is 0 Å². The van der Waals surface area contributed by atoms with Gasteiger partial charge in [-0.05, 0) is 60.8 Å². The predicted molar refractivity (Wildman–Crippen MR) is 101 cm³/mol. The molecule has 1 amide bonds. The number of fused-ring (bicyclic) bond motifs is 1. The topological polar surface area (TPSA) is 59.0 Å². The lowest BCUT2D eigenvalue weighted by Gasteiger charge is -2.36. The fourth-order valence-electron chi connectivity index (χ4n) is 3.62. The first kappa shape index (κ1) is 16.3. The zero-order valence-corrected chi connectivity index (χ0v) is 14.9. The molecule has 1 aliphatic heterocycles. The molecule has 0 aliphatic carbocycles. The van der Waals surface area contributed by atoms with E-state index in [0.717, 1.165) is 32.4 Å². The molecule has 0 radical (unpaired) electrons. The molecule has 5 nitrogen and oxygen atoms in total. The highest BCUT2D eigenvalue weighted by Crippen LogP contribution is 2.28. The van der Waals surface area contributed by atoms with Gasteiger partial charge in [0.25, 0.3) is 0 Å². The van der Waals surface area contributed by atoms with Gasteiger partial charge in [0.15, 0.2) is 0 Å². The molecule has 3 aromatic rings. The number of carbonyl (C=O) groups is 1. The van der Waals surface area contributed by atoms with Crippen LogP contribution in [-0.2, 0) is 16.8 Å². The SMILES string of the molecule is O=C(NCCc1csc2ccccc12)C1(n2cccn2)CCNCC1. The standard InChI is InChI=1S/C19H22N4OS/c24-18(19(7-11-20-12-8-19)23-13-3-9-22-23)21-10-6-15-14-25-17-5-2-1-4-16(15)17/h1-5,9,13-14,20H,6-8,10-12H2,(H,21,24). The molecule has 1 fully saturated rings. The van der Waals surface area contributed by atoms with Crippen LogP contribution in [0.2, 0.25) is 0 Å². The molecule has 4 rings (SSSR count). The lowest BCUT2D eigenvalue weighted by Crippen LogP contribution is -2.54. The van der Waals surface area contributed by atoms with Gasteiger partial charge in [0.2, 0.25) is 5.91 Å². The normalized spacial score (nSPS) is 16.8. The summed E-state index contributed by atoms with van der Waals surface area (Å²) in [5, 5.41) is 14.4. The second kappa shape index (κ2) is 6.98. The number of hydrogen-bond acceptors (Lipinski definition) is 4.